The number of Topliss-reactive ketones (excluding diaryl/α,β-unsaturated/α-hetero) is 1. The zero-order valence-electron chi connectivity index (χ0n) is 16.9. The molecule has 0 radical (unpaired) electrons. The Bertz CT molecular complexity index is 954. The topological polar surface area (TPSA) is 76.1 Å². The number of carbonyl (C=O) groups is 2. The highest BCUT2D eigenvalue weighted by molar-refractivity contribution is 6.08. The van der Waals surface area contributed by atoms with E-state index in [0.29, 0.717) is 11.3 Å². The lowest BCUT2D eigenvalue weighted by atomic mass is 9.95. The highest BCUT2D eigenvalue weighted by Gasteiger charge is 2.42. The summed E-state index contributed by atoms with van der Waals surface area (Å²) in [5.74, 6) is -1.18. The largest absolute Gasteiger partial charge is 0.503 e. The molecule has 0 saturated heterocycles. The second-order valence-corrected chi connectivity index (χ2v) is 6.92. The van der Waals surface area contributed by atoms with Crippen molar-refractivity contribution in [3.63, 3.8) is 0 Å². The Hall–Kier alpha value is -3.19. The molecule has 2 aromatic rings. The van der Waals surface area contributed by atoms with Crippen LogP contribution >= 0.6 is 0 Å². The van der Waals surface area contributed by atoms with Crippen molar-refractivity contribution in [1.29, 1.82) is 0 Å². The van der Waals surface area contributed by atoms with Crippen molar-refractivity contribution < 1.29 is 28.6 Å². The molecular weight excluding hydrogens is 389 g/mol. The molecule has 0 bridgehead atoms. The summed E-state index contributed by atoms with van der Waals surface area (Å²) in [7, 11) is 1.52. The molecule has 0 saturated carbocycles. The summed E-state index contributed by atoms with van der Waals surface area (Å²) in [4.78, 5) is 26.5. The molecule has 0 spiro atoms. The molecule has 30 heavy (non-hydrogen) atoms. The number of benzene rings is 2. The minimum Gasteiger partial charge on any atom is -0.503 e. The summed E-state index contributed by atoms with van der Waals surface area (Å²) in [6.45, 7) is 2.42. The van der Waals surface area contributed by atoms with Gasteiger partial charge < -0.3 is 19.5 Å². The van der Waals surface area contributed by atoms with Crippen LogP contribution in [0.3, 0.4) is 0 Å². The van der Waals surface area contributed by atoms with E-state index in [1.54, 1.807) is 43.3 Å². The van der Waals surface area contributed by atoms with E-state index >= 15 is 0 Å². The van der Waals surface area contributed by atoms with E-state index in [4.69, 9.17) is 9.47 Å². The number of carbonyl (C=O) groups excluding carboxylic acids is 2. The average Bonchev–Trinajstić information content (AvgIpc) is 3.01. The number of hydrogen-bond donors (Lipinski definition) is 1. The molecule has 1 aliphatic heterocycles. The van der Waals surface area contributed by atoms with Crippen LogP contribution < -0.4 is 4.74 Å². The number of hydrogen-bond acceptors (Lipinski definition) is 5. The molecular formula is C23H24FNO5. The predicted molar refractivity (Wildman–Crippen MR) is 108 cm³/mol. The maximum Gasteiger partial charge on any atom is 0.290 e. The number of amides is 1. The minimum absolute atomic E-state index is 0.0919. The third-order valence-corrected chi connectivity index (χ3v) is 4.95. The molecule has 1 unspecified atom stereocenters. The SMILES string of the molecule is CCC(=O)C1=C(O)C(=O)N(CCOC)C1c1cccc(OCc2ccc(F)cc2)c1. The Morgan fingerprint density at radius 3 is 2.60 bits per heavy atom. The Morgan fingerprint density at radius 1 is 1.20 bits per heavy atom. The van der Waals surface area contributed by atoms with Gasteiger partial charge in [-0.2, -0.15) is 0 Å². The summed E-state index contributed by atoms with van der Waals surface area (Å²) in [6.07, 6.45) is 0.169. The van der Waals surface area contributed by atoms with E-state index in [-0.39, 0.29) is 43.4 Å². The first-order chi connectivity index (χ1) is 14.5. The normalized spacial score (nSPS) is 16.3. The number of methoxy groups -OCH3 is 1. The number of rotatable bonds is 9. The van der Waals surface area contributed by atoms with Gasteiger partial charge in [0.05, 0.1) is 18.2 Å². The molecule has 7 heteroatoms. The standard InChI is InChI=1S/C23H24FNO5/c1-3-19(26)20-21(25(11-12-29-2)23(28)22(20)27)16-5-4-6-18(13-16)30-14-15-7-9-17(24)10-8-15/h4-10,13,21,27H,3,11-12,14H2,1-2H3. The van der Waals surface area contributed by atoms with Crippen molar-refractivity contribution in [1.82, 2.24) is 4.90 Å². The number of ketones is 1. The lowest BCUT2D eigenvalue weighted by Crippen LogP contribution is -2.33. The maximum atomic E-state index is 13.1. The third kappa shape index (κ3) is 4.52. The van der Waals surface area contributed by atoms with Gasteiger partial charge in [0.25, 0.3) is 5.91 Å². The van der Waals surface area contributed by atoms with E-state index in [9.17, 15) is 19.1 Å². The monoisotopic (exact) mass is 413 g/mol. The van der Waals surface area contributed by atoms with Gasteiger partial charge in [0.2, 0.25) is 0 Å². The highest BCUT2D eigenvalue weighted by Crippen LogP contribution is 2.39. The van der Waals surface area contributed by atoms with E-state index in [1.165, 1.54) is 24.1 Å². The number of halogens is 1. The molecule has 1 heterocycles. The Labute approximate surface area is 174 Å². The van der Waals surface area contributed by atoms with Crippen molar-refractivity contribution >= 4 is 11.7 Å². The molecule has 0 aliphatic carbocycles. The third-order valence-electron chi connectivity index (χ3n) is 4.95. The molecule has 2 aromatic carbocycles. The van der Waals surface area contributed by atoms with Crippen LogP contribution in [0.2, 0.25) is 0 Å². The summed E-state index contributed by atoms with van der Waals surface area (Å²) < 4.78 is 24.0. The van der Waals surface area contributed by atoms with Gasteiger partial charge in [0.15, 0.2) is 11.5 Å². The summed E-state index contributed by atoms with van der Waals surface area (Å²) in [6, 6.07) is 12.3. The van der Waals surface area contributed by atoms with Gasteiger partial charge >= 0.3 is 0 Å². The van der Waals surface area contributed by atoms with Gasteiger partial charge in [0, 0.05) is 20.1 Å². The highest BCUT2D eigenvalue weighted by atomic mass is 19.1. The van der Waals surface area contributed by atoms with Gasteiger partial charge in [0.1, 0.15) is 18.2 Å². The van der Waals surface area contributed by atoms with Gasteiger partial charge in [-0.25, -0.2) is 4.39 Å². The molecule has 0 fully saturated rings. The molecule has 1 atom stereocenters. The van der Waals surface area contributed by atoms with Crippen LogP contribution in [-0.4, -0.2) is 42.0 Å². The smallest absolute Gasteiger partial charge is 0.290 e. The summed E-state index contributed by atoms with van der Waals surface area (Å²) in [5.41, 5.74) is 1.55. The molecule has 1 aliphatic rings. The number of aliphatic hydroxyl groups is 1. The summed E-state index contributed by atoms with van der Waals surface area (Å²) in [5, 5.41) is 10.4. The first-order valence-electron chi connectivity index (χ1n) is 9.69. The Balaban J connectivity index is 1.88. The van der Waals surface area contributed by atoms with E-state index in [2.05, 4.69) is 0 Å². The molecule has 1 amide bonds. The first-order valence-corrected chi connectivity index (χ1v) is 9.69. The van der Waals surface area contributed by atoms with Gasteiger partial charge in [-0.05, 0) is 35.4 Å². The fourth-order valence-corrected chi connectivity index (χ4v) is 3.42. The Kier molecular flexibility index (Phi) is 6.84. The number of aliphatic hydroxyl groups excluding tert-OH is 1. The zero-order chi connectivity index (χ0) is 21.7. The molecule has 6 nitrogen and oxygen atoms in total. The van der Waals surface area contributed by atoms with Gasteiger partial charge in [-0.15, -0.1) is 0 Å². The lowest BCUT2D eigenvalue weighted by Gasteiger charge is -2.26. The van der Waals surface area contributed by atoms with E-state index in [1.807, 2.05) is 0 Å². The summed E-state index contributed by atoms with van der Waals surface area (Å²) >= 11 is 0. The van der Waals surface area contributed by atoms with E-state index < -0.39 is 17.7 Å². The zero-order valence-corrected chi connectivity index (χ0v) is 16.9. The molecule has 158 valence electrons. The van der Waals surface area contributed by atoms with Crippen LogP contribution in [0, 0.1) is 5.82 Å². The van der Waals surface area contributed by atoms with Crippen molar-refractivity contribution in [2.45, 2.75) is 26.0 Å². The van der Waals surface area contributed by atoms with Crippen molar-refractivity contribution in [2.75, 3.05) is 20.3 Å². The van der Waals surface area contributed by atoms with Crippen LogP contribution in [0.4, 0.5) is 4.39 Å². The fourth-order valence-electron chi connectivity index (χ4n) is 3.42. The van der Waals surface area contributed by atoms with Crippen molar-refractivity contribution in [3.05, 3.63) is 76.8 Å². The Morgan fingerprint density at radius 2 is 1.93 bits per heavy atom. The van der Waals surface area contributed by atoms with Crippen LogP contribution in [0.25, 0.3) is 0 Å². The van der Waals surface area contributed by atoms with Crippen LogP contribution in [0.15, 0.2) is 59.9 Å². The van der Waals surface area contributed by atoms with Gasteiger partial charge in [-0.1, -0.05) is 31.2 Å². The van der Waals surface area contributed by atoms with Crippen molar-refractivity contribution in [2.24, 2.45) is 0 Å². The van der Waals surface area contributed by atoms with Crippen molar-refractivity contribution in [3.8, 4) is 5.75 Å². The van der Waals surface area contributed by atoms with Crippen LogP contribution in [0.5, 0.6) is 5.75 Å². The van der Waals surface area contributed by atoms with E-state index in [0.717, 1.165) is 5.56 Å². The van der Waals surface area contributed by atoms with Gasteiger partial charge in [-0.3, -0.25) is 9.59 Å². The lowest BCUT2D eigenvalue weighted by molar-refractivity contribution is -0.130. The fraction of sp³-hybridized carbons (Fsp3) is 0.304. The van der Waals surface area contributed by atoms with Crippen LogP contribution in [-0.2, 0) is 20.9 Å². The number of nitrogens with zero attached hydrogens (tertiary/aromatic N) is 1. The second-order valence-electron chi connectivity index (χ2n) is 6.92. The molecule has 3 rings (SSSR count). The maximum absolute atomic E-state index is 13.1. The minimum atomic E-state index is -0.713. The first kappa shape index (κ1) is 21.5. The average molecular weight is 413 g/mol. The molecule has 1 N–H and O–H groups in total. The second kappa shape index (κ2) is 9.54. The number of ether oxygens (including phenoxy) is 2. The quantitative estimate of drug-likeness (QED) is 0.678. The predicted octanol–water partition coefficient (Wildman–Crippen LogP) is 3.73. The molecule has 0 aromatic heterocycles. The van der Waals surface area contributed by atoms with Crippen LogP contribution in [0.1, 0.15) is 30.5 Å².